The third kappa shape index (κ3) is 4.96. The van der Waals surface area contributed by atoms with Gasteiger partial charge in [0.25, 0.3) is 5.91 Å². The van der Waals surface area contributed by atoms with E-state index >= 15 is 0 Å². The maximum Gasteiger partial charge on any atom is 0.272 e. The molecule has 0 aliphatic rings. The van der Waals surface area contributed by atoms with E-state index < -0.39 is 0 Å². The van der Waals surface area contributed by atoms with Gasteiger partial charge in [-0.05, 0) is 46.6 Å². The predicted octanol–water partition coefficient (Wildman–Crippen LogP) is 3.54. The second-order valence-corrected chi connectivity index (χ2v) is 5.24. The number of benzene rings is 1. The number of aromatic nitrogens is 1. The minimum Gasteiger partial charge on any atom is -0.267 e. The molecule has 2 rings (SSSR count). The molecule has 2 aromatic rings. The van der Waals surface area contributed by atoms with Gasteiger partial charge in [0.15, 0.2) is 0 Å². The number of allylic oxidation sites excluding steroid dienone is 1. The maximum atomic E-state index is 11.8. The molecule has 1 N–H and O–H groups in total. The number of amides is 1. The molecule has 1 amide bonds. The second kappa shape index (κ2) is 7.50. The Morgan fingerprint density at radius 1 is 1.24 bits per heavy atom. The minimum atomic E-state index is -0.293. The first kappa shape index (κ1) is 15.1. The van der Waals surface area contributed by atoms with Crippen LogP contribution in [-0.4, -0.2) is 17.1 Å². The number of carbonyl (C=O) groups is 1. The minimum absolute atomic E-state index is 0.293. The van der Waals surface area contributed by atoms with Gasteiger partial charge in [0.1, 0.15) is 0 Å². The number of pyridine rings is 1. The van der Waals surface area contributed by atoms with Crippen molar-refractivity contribution in [3.63, 3.8) is 0 Å². The summed E-state index contributed by atoms with van der Waals surface area (Å²) in [6, 6.07) is 13.3. The molecule has 1 heterocycles. The Bertz CT molecular complexity index is 664. The van der Waals surface area contributed by atoms with Gasteiger partial charge in [-0.25, -0.2) is 5.43 Å². The van der Waals surface area contributed by atoms with Crippen molar-refractivity contribution in [3.05, 3.63) is 70.0 Å². The van der Waals surface area contributed by atoms with Crippen LogP contribution in [0.5, 0.6) is 0 Å². The molecule has 0 saturated heterocycles. The van der Waals surface area contributed by atoms with Gasteiger partial charge in [-0.15, -0.1) is 0 Å². The summed E-state index contributed by atoms with van der Waals surface area (Å²) in [6.07, 6.45) is 4.96. The summed E-state index contributed by atoms with van der Waals surface area (Å²) in [5.41, 5.74) is 4.84. The van der Waals surface area contributed by atoms with Crippen molar-refractivity contribution in [2.75, 3.05) is 0 Å². The first-order valence-corrected chi connectivity index (χ1v) is 7.13. The van der Waals surface area contributed by atoms with E-state index in [0.717, 1.165) is 15.7 Å². The van der Waals surface area contributed by atoms with Crippen LogP contribution in [0.3, 0.4) is 0 Å². The van der Waals surface area contributed by atoms with Crippen LogP contribution in [0.25, 0.3) is 6.08 Å². The quantitative estimate of drug-likeness (QED) is 0.681. The van der Waals surface area contributed by atoms with Gasteiger partial charge in [-0.2, -0.15) is 5.10 Å². The highest BCUT2D eigenvalue weighted by Gasteiger charge is 2.03. The number of nitrogens with one attached hydrogen (secondary N) is 1. The molecule has 106 valence electrons. The summed E-state index contributed by atoms with van der Waals surface area (Å²) in [5.74, 6) is -0.293. The van der Waals surface area contributed by atoms with E-state index in [1.165, 1.54) is 12.4 Å². The van der Waals surface area contributed by atoms with Gasteiger partial charge in [0, 0.05) is 16.4 Å². The number of hydrogen-bond acceptors (Lipinski definition) is 3. The summed E-state index contributed by atoms with van der Waals surface area (Å²) in [4.78, 5) is 15.9. The monoisotopic (exact) mass is 343 g/mol. The summed E-state index contributed by atoms with van der Waals surface area (Å²) in [6.45, 7) is 1.87. The number of halogens is 1. The average molecular weight is 344 g/mol. The molecular weight excluding hydrogens is 330 g/mol. The van der Waals surface area contributed by atoms with Crippen molar-refractivity contribution < 1.29 is 4.79 Å². The van der Waals surface area contributed by atoms with Gasteiger partial charge < -0.3 is 0 Å². The Morgan fingerprint density at radius 2 is 2.00 bits per heavy atom. The molecule has 0 aliphatic heterocycles. The fraction of sp³-hybridized carbons (Fsp3) is 0.0625. The summed E-state index contributed by atoms with van der Waals surface area (Å²) in [5, 5.41) is 3.90. The molecule has 1 aromatic carbocycles. The van der Waals surface area contributed by atoms with Crippen molar-refractivity contribution >= 4 is 34.1 Å². The van der Waals surface area contributed by atoms with E-state index in [4.69, 9.17) is 0 Å². The summed E-state index contributed by atoms with van der Waals surface area (Å²) in [7, 11) is 0. The Balaban J connectivity index is 1.94. The van der Waals surface area contributed by atoms with E-state index in [0.29, 0.717) is 5.56 Å². The van der Waals surface area contributed by atoms with Crippen molar-refractivity contribution in [1.82, 2.24) is 10.4 Å². The fourth-order valence-electron chi connectivity index (χ4n) is 1.56. The largest absolute Gasteiger partial charge is 0.272 e. The Labute approximate surface area is 131 Å². The number of nitrogens with zero attached hydrogens (tertiary/aromatic N) is 2. The highest BCUT2D eigenvalue weighted by atomic mass is 79.9. The maximum absolute atomic E-state index is 11.8. The zero-order chi connectivity index (χ0) is 15.1. The highest BCUT2D eigenvalue weighted by molar-refractivity contribution is 9.12. The zero-order valence-corrected chi connectivity index (χ0v) is 13.0. The lowest BCUT2D eigenvalue weighted by molar-refractivity contribution is 0.0955. The second-order valence-electron chi connectivity index (χ2n) is 4.33. The van der Waals surface area contributed by atoms with Gasteiger partial charge in [-0.1, -0.05) is 30.3 Å². The molecule has 0 bridgehead atoms. The van der Waals surface area contributed by atoms with Gasteiger partial charge >= 0.3 is 0 Å². The number of aryl methyl sites for hydroxylation is 1. The van der Waals surface area contributed by atoms with E-state index in [1.807, 2.05) is 43.3 Å². The van der Waals surface area contributed by atoms with Gasteiger partial charge in [0.05, 0.1) is 11.8 Å². The lowest BCUT2D eigenvalue weighted by atomic mass is 10.2. The number of carbonyl (C=O) groups excluding carboxylic acids is 1. The van der Waals surface area contributed by atoms with Crippen LogP contribution < -0.4 is 5.43 Å². The molecule has 0 fully saturated rings. The molecule has 0 aliphatic carbocycles. The molecule has 0 saturated carbocycles. The standard InChI is InChI=1S/C16H14BrN3O/c1-12-7-8-14(10-18-12)16(21)20-19-11-15(17)9-13-5-3-2-4-6-13/h2-11H,1H3,(H,20,21). The van der Waals surface area contributed by atoms with E-state index in [1.54, 1.807) is 12.1 Å². The average Bonchev–Trinajstić information content (AvgIpc) is 2.49. The molecule has 5 heteroatoms. The molecular formula is C16H14BrN3O. The van der Waals surface area contributed by atoms with E-state index in [9.17, 15) is 4.79 Å². The summed E-state index contributed by atoms with van der Waals surface area (Å²) < 4.78 is 0.760. The molecule has 0 unspecified atom stereocenters. The molecule has 0 atom stereocenters. The molecule has 0 spiro atoms. The van der Waals surface area contributed by atoms with Crippen LogP contribution in [0.15, 0.2) is 58.2 Å². The van der Waals surface area contributed by atoms with Gasteiger partial charge in [0.2, 0.25) is 0 Å². The third-order valence-corrected chi connectivity index (χ3v) is 3.07. The SMILES string of the molecule is Cc1ccc(C(=O)NN=CC(Br)=Cc2ccccc2)cn1. The highest BCUT2D eigenvalue weighted by Crippen LogP contribution is 2.09. The van der Waals surface area contributed by atoms with Gasteiger partial charge in [-0.3, -0.25) is 9.78 Å². The van der Waals surface area contributed by atoms with Crippen LogP contribution in [0, 0.1) is 6.92 Å². The third-order valence-electron chi connectivity index (χ3n) is 2.63. The van der Waals surface area contributed by atoms with Crippen LogP contribution in [0.2, 0.25) is 0 Å². The van der Waals surface area contributed by atoms with Crippen LogP contribution in [0.1, 0.15) is 21.6 Å². The Morgan fingerprint density at radius 3 is 2.67 bits per heavy atom. The van der Waals surface area contributed by atoms with Crippen molar-refractivity contribution in [2.45, 2.75) is 6.92 Å². The Hall–Kier alpha value is -2.27. The van der Waals surface area contributed by atoms with Crippen LogP contribution >= 0.6 is 15.9 Å². The number of hydrazone groups is 1. The predicted molar refractivity (Wildman–Crippen MR) is 88.3 cm³/mol. The lowest BCUT2D eigenvalue weighted by Gasteiger charge is -1.99. The first-order chi connectivity index (χ1) is 10.1. The van der Waals surface area contributed by atoms with E-state index in [2.05, 4.69) is 31.4 Å². The zero-order valence-electron chi connectivity index (χ0n) is 11.5. The molecule has 21 heavy (non-hydrogen) atoms. The molecule has 4 nitrogen and oxygen atoms in total. The molecule has 0 radical (unpaired) electrons. The smallest absolute Gasteiger partial charge is 0.267 e. The van der Waals surface area contributed by atoms with Crippen molar-refractivity contribution in [1.29, 1.82) is 0 Å². The van der Waals surface area contributed by atoms with Crippen LogP contribution in [0.4, 0.5) is 0 Å². The Kier molecular flexibility index (Phi) is 5.40. The lowest BCUT2D eigenvalue weighted by Crippen LogP contribution is -2.17. The normalized spacial score (nSPS) is 11.6. The van der Waals surface area contributed by atoms with Crippen molar-refractivity contribution in [2.24, 2.45) is 5.10 Å². The van der Waals surface area contributed by atoms with Crippen LogP contribution in [-0.2, 0) is 0 Å². The first-order valence-electron chi connectivity index (χ1n) is 6.33. The summed E-state index contributed by atoms with van der Waals surface area (Å²) >= 11 is 3.38. The topological polar surface area (TPSA) is 54.4 Å². The number of rotatable bonds is 4. The molecule has 1 aromatic heterocycles. The van der Waals surface area contributed by atoms with Crippen molar-refractivity contribution in [3.8, 4) is 0 Å². The van der Waals surface area contributed by atoms with E-state index in [-0.39, 0.29) is 5.91 Å². The number of hydrogen-bond donors (Lipinski definition) is 1. The fourth-order valence-corrected chi connectivity index (χ4v) is 1.93.